The number of aryl methyl sites for hydroxylation is 1. The quantitative estimate of drug-likeness (QED) is 0.847. The maximum atomic E-state index is 12.5. The zero-order valence-electron chi connectivity index (χ0n) is 9.55. The van der Waals surface area contributed by atoms with Crippen molar-refractivity contribution in [1.82, 2.24) is 0 Å². The number of hydrogen-bond donors (Lipinski definition) is 1. The summed E-state index contributed by atoms with van der Waals surface area (Å²) in [7, 11) is 0. The Hall–Kier alpha value is -1.22. The fourth-order valence-corrected chi connectivity index (χ4v) is 2.01. The number of rotatable bonds is 5. The summed E-state index contributed by atoms with van der Waals surface area (Å²) >= 11 is 0.897. The van der Waals surface area contributed by atoms with Crippen molar-refractivity contribution in [3.63, 3.8) is 0 Å². The highest BCUT2D eigenvalue weighted by molar-refractivity contribution is 7.14. The number of carboxylic acid groups (broad SMARTS) is 1. The van der Waals surface area contributed by atoms with Gasteiger partial charge >= 0.3 is 18.1 Å². The third kappa shape index (κ3) is 3.87. The van der Waals surface area contributed by atoms with Gasteiger partial charge in [-0.05, 0) is 18.6 Å². The number of thiophene rings is 1. The summed E-state index contributed by atoms with van der Waals surface area (Å²) in [6.07, 6.45) is -5.66. The van der Waals surface area contributed by atoms with Crippen LogP contribution in [0.3, 0.4) is 0 Å². The fourth-order valence-electron chi connectivity index (χ4n) is 1.14. The lowest BCUT2D eigenvalue weighted by molar-refractivity contribution is -0.297. The average Bonchev–Trinajstić information content (AvgIpc) is 2.58. The van der Waals surface area contributed by atoms with Gasteiger partial charge in [0.25, 0.3) is 0 Å². The van der Waals surface area contributed by atoms with E-state index in [2.05, 4.69) is 4.74 Å². The number of carbonyl (C=O) groups is 1. The highest BCUT2D eigenvalue weighted by Gasteiger charge is 2.57. The minimum atomic E-state index is -5.66. The molecule has 108 valence electrons. The monoisotopic (exact) mass is 304 g/mol. The Labute approximate surface area is 108 Å². The molecule has 0 aliphatic carbocycles. The molecule has 0 aromatic carbocycles. The van der Waals surface area contributed by atoms with E-state index >= 15 is 0 Å². The van der Waals surface area contributed by atoms with E-state index in [1.54, 1.807) is 0 Å². The van der Waals surface area contributed by atoms with Gasteiger partial charge in [0.2, 0.25) is 0 Å². The molecule has 0 aliphatic heterocycles. The molecule has 0 amide bonds. The van der Waals surface area contributed by atoms with Crippen LogP contribution in [0.5, 0.6) is 0 Å². The van der Waals surface area contributed by atoms with Crippen molar-refractivity contribution >= 4 is 17.3 Å². The van der Waals surface area contributed by atoms with Crippen LogP contribution in [-0.2, 0) is 11.3 Å². The van der Waals surface area contributed by atoms with E-state index in [0.29, 0.717) is 4.88 Å². The van der Waals surface area contributed by atoms with Crippen molar-refractivity contribution in [3.8, 4) is 0 Å². The van der Waals surface area contributed by atoms with Crippen molar-refractivity contribution < 1.29 is 36.6 Å². The molecule has 1 aromatic heterocycles. The summed E-state index contributed by atoms with van der Waals surface area (Å²) in [5, 5.41) is 8.68. The lowest BCUT2D eigenvalue weighted by Gasteiger charge is -2.19. The van der Waals surface area contributed by atoms with Crippen molar-refractivity contribution in [3.05, 3.63) is 21.4 Å². The van der Waals surface area contributed by atoms with Crippen LogP contribution in [0.2, 0.25) is 0 Å². The fraction of sp³-hybridized carbons (Fsp3) is 0.500. The van der Waals surface area contributed by atoms with Crippen LogP contribution in [-0.4, -0.2) is 29.8 Å². The molecule has 1 heterocycles. The van der Waals surface area contributed by atoms with Crippen LogP contribution in [0, 0.1) is 6.92 Å². The third-order valence-electron chi connectivity index (χ3n) is 2.19. The smallest absolute Gasteiger partial charge is 0.455 e. The summed E-state index contributed by atoms with van der Waals surface area (Å²) < 4.78 is 64.9. The van der Waals surface area contributed by atoms with E-state index in [0.717, 1.165) is 11.3 Å². The Morgan fingerprint density at radius 3 is 2.37 bits per heavy atom. The van der Waals surface area contributed by atoms with Crippen molar-refractivity contribution in [2.45, 2.75) is 25.6 Å². The van der Waals surface area contributed by atoms with Gasteiger partial charge in [0.05, 0.1) is 6.61 Å². The van der Waals surface area contributed by atoms with Crippen molar-refractivity contribution in [2.75, 3.05) is 6.61 Å². The lowest BCUT2D eigenvalue weighted by Crippen LogP contribution is -2.40. The van der Waals surface area contributed by atoms with Gasteiger partial charge in [0, 0.05) is 4.88 Å². The Morgan fingerprint density at radius 1 is 1.37 bits per heavy atom. The Kier molecular flexibility index (Phi) is 4.51. The standard InChI is InChI=1S/C10H9F5O3S/c1-5-6(2-7(19-5)8(16)17)3-18-4-9(11,12)10(13,14)15/h2H,3-4H2,1H3,(H,16,17). The zero-order valence-corrected chi connectivity index (χ0v) is 10.4. The summed E-state index contributed by atoms with van der Waals surface area (Å²) in [4.78, 5) is 11.1. The maximum absolute atomic E-state index is 12.5. The van der Waals surface area contributed by atoms with E-state index in [4.69, 9.17) is 5.11 Å². The van der Waals surface area contributed by atoms with E-state index < -0.39 is 31.3 Å². The first kappa shape index (κ1) is 15.8. The summed E-state index contributed by atoms with van der Waals surface area (Å²) in [5.74, 6) is -6.12. The van der Waals surface area contributed by atoms with Gasteiger partial charge in [-0.2, -0.15) is 22.0 Å². The van der Waals surface area contributed by atoms with Crippen LogP contribution < -0.4 is 0 Å². The van der Waals surface area contributed by atoms with Gasteiger partial charge in [0.1, 0.15) is 11.5 Å². The minimum absolute atomic E-state index is 0.0290. The molecule has 19 heavy (non-hydrogen) atoms. The number of ether oxygens (including phenoxy) is 1. The third-order valence-corrected chi connectivity index (χ3v) is 3.27. The van der Waals surface area contributed by atoms with Crippen LogP contribution in [0.1, 0.15) is 20.1 Å². The molecule has 1 aromatic rings. The highest BCUT2D eigenvalue weighted by Crippen LogP contribution is 2.35. The summed E-state index contributed by atoms with van der Waals surface area (Å²) in [5.41, 5.74) is 0.278. The molecule has 3 nitrogen and oxygen atoms in total. The van der Waals surface area contributed by atoms with Crippen molar-refractivity contribution in [1.29, 1.82) is 0 Å². The van der Waals surface area contributed by atoms with Gasteiger partial charge in [0.15, 0.2) is 0 Å². The Bertz CT molecular complexity index is 466. The Balaban J connectivity index is 2.61. The van der Waals surface area contributed by atoms with Gasteiger partial charge in [-0.3, -0.25) is 0 Å². The minimum Gasteiger partial charge on any atom is -0.477 e. The number of alkyl halides is 5. The van der Waals surface area contributed by atoms with Gasteiger partial charge < -0.3 is 9.84 Å². The van der Waals surface area contributed by atoms with Crippen molar-refractivity contribution in [2.24, 2.45) is 0 Å². The number of halogens is 5. The molecule has 0 radical (unpaired) electrons. The normalized spacial score (nSPS) is 12.7. The molecule has 0 saturated heterocycles. The lowest BCUT2D eigenvalue weighted by atomic mass is 10.2. The molecule has 0 bridgehead atoms. The van der Waals surface area contributed by atoms with E-state index in [-0.39, 0.29) is 10.4 Å². The molecule has 0 unspecified atom stereocenters. The van der Waals surface area contributed by atoms with E-state index in [1.807, 2.05) is 0 Å². The second-order valence-corrected chi connectivity index (χ2v) is 4.95. The molecular weight excluding hydrogens is 295 g/mol. The summed E-state index contributed by atoms with van der Waals surface area (Å²) in [6, 6.07) is 1.19. The Morgan fingerprint density at radius 2 is 1.95 bits per heavy atom. The summed E-state index contributed by atoms with van der Waals surface area (Å²) in [6.45, 7) is -0.771. The molecular formula is C10H9F5O3S. The van der Waals surface area contributed by atoms with Crippen LogP contribution >= 0.6 is 11.3 Å². The molecule has 0 fully saturated rings. The first-order valence-corrected chi connectivity index (χ1v) is 5.71. The highest BCUT2D eigenvalue weighted by atomic mass is 32.1. The maximum Gasteiger partial charge on any atom is 0.455 e. The largest absolute Gasteiger partial charge is 0.477 e. The van der Waals surface area contributed by atoms with E-state index in [9.17, 15) is 26.7 Å². The molecule has 0 saturated carbocycles. The van der Waals surface area contributed by atoms with Crippen LogP contribution in [0.25, 0.3) is 0 Å². The average molecular weight is 304 g/mol. The molecule has 1 N–H and O–H groups in total. The molecule has 0 spiro atoms. The molecule has 1 rings (SSSR count). The SMILES string of the molecule is Cc1sc(C(=O)O)cc1COCC(F)(F)C(F)(F)F. The topological polar surface area (TPSA) is 46.5 Å². The predicted molar refractivity (Wildman–Crippen MR) is 56.7 cm³/mol. The number of hydrogen-bond acceptors (Lipinski definition) is 3. The second kappa shape index (κ2) is 5.41. The molecule has 9 heteroatoms. The van der Waals surface area contributed by atoms with Gasteiger partial charge in [-0.15, -0.1) is 11.3 Å². The number of aromatic carboxylic acids is 1. The van der Waals surface area contributed by atoms with Gasteiger partial charge in [-0.25, -0.2) is 4.79 Å². The van der Waals surface area contributed by atoms with E-state index in [1.165, 1.54) is 13.0 Å². The molecule has 0 aliphatic rings. The first-order valence-electron chi connectivity index (χ1n) is 4.89. The first-order chi connectivity index (χ1) is 8.54. The second-order valence-electron chi connectivity index (χ2n) is 3.69. The zero-order chi connectivity index (χ0) is 14.8. The predicted octanol–water partition coefficient (Wildman–Crippen LogP) is 3.47. The molecule has 0 atom stereocenters. The van der Waals surface area contributed by atoms with Gasteiger partial charge in [-0.1, -0.05) is 0 Å². The number of carboxylic acids is 1. The van der Waals surface area contributed by atoms with Crippen LogP contribution in [0.4, 0.5) is 22.0 Å². The van der Waals surface area contributed by atoms with Crippen LogP contribution in [0.15, 0.2) is 6.07 Å².